The predicted octanol–water partition coefficient (Wildman–Crippen LogP) is 3.85. The number of hydrogen-bond donors (Lipinski definition) is 2. The molecule has 1 heterocycles. The van der Waals surface area contributed by atoms with E-state index in [4.69, 9.17) is 0 Å². The lowest BCUT2D eigenvalue weighted by atomic mass is 10.0. The smallest absolute Gasteiger partial charge is 0.319 e. The van der Waals surface area contributed by atoms with E-state index in [0.29, 0.717) is 12.2 Å². The van der Waals surface area contributed by atoms with Gasteiger partial charge in [0, 0.05) is 32.0 Å². The molecule has 0 saturated carbocycles. The second-order valence-electron chi connectivity index (χ2n) is 7.09. The maximum absolute atomic E-state index is 13.0. The number of nitrogens with zero attached hydrogens (tertiary/aromatic N) is 2. The van der Waals surface area contributed by atoms with Crippen molar-refractivity contribution in [2.75, 3.05) is 43.9 Å². The number of amides is 2. The van der Waals surface area contributed by atoms with Gasteiger partial charge in [-0.25, -0.2) is 9.18 Å². The molecule has 144 valence electrons. The van der Waals surface area contributed by atoms with Crippen LogP contribution in [0.1, 0.15) is 24.4 Å². The lowest BCUT2D eigenvalue weighted by Gasteiger charge is -2.28. The molecule has 1 unspecified atom stereocenters. The SMILES string of the molecule is CN(C)c1ccc(C(CNC(=O)Nc2ccc(F)cc2)N2CCCC2)cc1. The van der Waals surface area contributed by atoms with Crippen LogP contribution < -0.4 is 15.5 Å². The van der Waals surface area contributed by atoms with Crippen LogP contribution in [-0.2, 0) is 0 Å². The zero-order chi connectivity index (χ0) is 19.2. The number of carbonyl (C=O) groups excluding carboxylic acids is 1. The summed E-state index contributed by atoms with van der Waals surface area (Å²) in [6.45, 7) is 2.61. The van der Waals surface area contributed by atoms with Crippen LogP contribution in [0.3, 0.4) is 0 Å². The largest absolute Gasteiger partial charge is 0.378 e. The first-order valence-electron chi connectivity index (χ1n) is 9.35. The fourth-order valence-electron chi connectivity index (χ4n) is 3.40. The Hall–Kier alpha value is -2.60. The lowest BCUT2D eigenvalue weighted by Crippen LogP contribution is -2.38. The third-order valence-corrected chi connectivity index (χ3v) is 4.93. The Morgan fingerprint density at radius 3 is 2.30 bits per heavy atom. The van der Waals surface area contributed by atoms with Crippen LogP contribution in [-0.4, -0.2) is 44.7 Å². The average Bonchev–Trinajstić information content (AvgIpc) is 3.19. The molecule has 3 rings (SSSR count). The molecular formula is C21H27FN4O. The zero-order valence-corrected chi connectivity index (χ0v) is 15.9. The van der Waals surface area contributed by atoms with Crippen LogP contribution in [0.2, 0.25) is 0 Å². The monoisotopic (exact) mass is 370 g/mol. The third-order valence-electron chi connectivity index (χ3n) is 4.93. The highest BCUT2D eigenvalue weighted by atomic mass is 19.1. The maximum atomic E-state index is 13.0. The van der Waals surface area contributed by atoms with Gasteiger partial charge in [-0.15, -0.1) is 0 Å². The van der Waals surface area contributed by atoms with E-state index in [1.54, 1.807) is 12.1 Å². The first kappa shape index (κ1) is 19.2. The fourth-order valence-corrected chi connectivity index (χ4v) is 3.40. The molecule has 0 radical (unpaired) electrons. The minimum atomic E-state index is -0.323. The topological polar surface area (TPSA) is 47.6 Å². The number of nitrogens with one attached hydrogen (secondary N) is 2. The molecule has 1 aliphatic rings. The van der Waals surface area contributed by atoms with Gasteiger partial charge >= 0.3 is 6.03 Å². The van der Waals surface area contributed by atoms with Gasteiger partial charge in [-0.1, -0.05) is 12.1 Å². The molecule has 2 amide bonds. The summed E-state index contributed by atoms with van der Waals surface area (Å²) in [5.74, 6) is -0.323. The number of urea groups is 1. The van der Waals surface area contributed by atoms with Crippen molar-refractivity contribution in [2.24, 2.45) is 0 Å². The fraction of sp³-hybridized carbons (Fsp3) is 0.381. The van der Waals surface area contributed by atoms with Crippen LogP contribution in [0, 0.1) is 5.82 Å². The summed E-state index contributed by atoms with van der Waals surface area (Å²) >= 11 is 0. The van der Waals surface area contributed by atoms with Crippen molar-refractivity contribution in [3.63, 3.8) is 0 Å². The Balaban J connectivity index is 1.64. The quantitative estimate of drug-likeness (QED) is 0.812. The molecule has 1 saturated heterocycles. The zero-order valence-electron chi connectivity index (χ0n) is 15.9. The summed E-state index contributed by atoms with van der Waals surface area (Å²) in [6.07, 6.45) is 2.38. The number of halogens is 1. The second kappa shape index (κ2) is 8.86. The van der Waals surface area contributed by atoms with Gasteiger partial charge in [0.1, 0.15) is 5.82 Å². The number of carbonyl (C=O) groups is 1. The molecule has 5 nitrogen and oxygen atoms in total. The average molecular weight is 370 g/mol. The Kier molecular flexibility index (Phi) is 6.29. The van der Waals surface area contributed by atoms with Gasteiger partial charge in [0.05, 0.1) is 6.04 Å². The number of likely N-dealkylation sites (tertiary alicyclic amines) is 1. The van der Waals surface area contributed by atoms with Gasteiger partial charge in [-0.3, -0.25) is 4.90 Å². The normalized spacial score (nSPS) is 15.4. The number of rotatable bonds is 6. The summed E-state index contributed by atoms with van der Waals surface area (Å²) in [5.41, 5.74) is 2.92. The lowest BCUT2D eigenvalue weighted by molar-refractivity contribution is 0.227. The Morgan fingerprint density at radius 1 is 1.07 bits per heavy atom. The van der Waals surface area contributed by atoms with Crippen molar-refractivity contribution >= 4 is 17.4 Å². The maximum Gasteiger partial charge on any atom is 0.319 e. The second-order valence-corrected chi connectivity index (χ2v) is 7.09. The van der Waals surface area contributed by atoms with E-state index in [1.807, 2.05) is 14.1 Å². The third kappa shape index (κ3) is 5.20. The highest BCUT2D eigenvalue weighted by Gasteiger charge is 2.24. The first-order valence-corrected chi connectivity index (χ1v) is 9.35. The molecule has 2 aromatic carbocycles. The van der Waals surface area contributed by atoms with E-state index >= 15 is 0 Å². The minimum absolute atomic E-state index is 0.141. The van der Waals surface area contributed by atoms with Crippen LogP contribution in [0.4, 0.5) is 20.6 Å². The predicted molar refractivity (Wildman–Crippen MR) is 108 cm³/mol. The Labute approximate surface area is 160 Å². The number of anilines is 2. The standard InChI is InChI=1S/C21H27FN4O/c1-25(2)19-11-5-16(6-12-19)20(26-13-3-4-14-26)15-23-21(27)24-18-9-7-17(22)8-10-18/h5-12,20H,3-4,13-15H2,1-2H3,(H2,23,24,27). The summed E-state index contributed by atoms with van der Waals surface area (Å²) in [6, 6.07) is 14.1. The van der Waals surface area contributed by atoms with Crippen molar-refractivity contribution in [1.82, 2.24) is 10.2 Å². The van der Waals surface area contributed by atoms with Crippen molar-refractivity contribution in [1.29, 1.82) is 0 Å². The molecule has 27 heavy (non-hydrogen) atoms. The number of benzene rings is 2. The molecule has 1 aliphatic heterocycles. The molecule has 1 atom stereocenters. The van der Waals surface area contributed by atoms with E-state index in [2.05, 4.69) is 44.7 Å². The highest BCUT2D eigenvalue weighted by Crippen LogP contribution is 2.26. The number of hydrogen-bond acceptors (Lipinski definition) is 3. The van der Waals surface area contributed by atoms with Gasteiger partial charge in [-0.05, 0) is 67.9 Å². The molecule has 2 N–H and O–H groups in total. The van der Waals surface area contributed by atoms with Crippen molar-refractivity contribution in [2.45, 2.75) is 18.9 Å². The Bertz CT molecular complexity index is 740. The van der Waals surface area contributed by atoms with E-state index < -0.39 is 0 Å². The van der Waals surface area contributed by atoms with Gasteiger partial charge in [0.2, 0.25) is 0 Å². The van der Waals surface area contributed by atoms with Gasteiger partial charge in [-0.2, -0.15) is 0 Å². The summed E-state index contributed by atoms with van der Waals surface area (Å²) < 4.78 is 13.0. The van der Waals surface area contributed by atoms with Crippen LogP contribution >= 0.6 is 0 Å². The Morgan fingerprint density at radius 2 is 1.70 bits per heavy atom. The van der Waals surface area contributed by atoms with Gasteiger partial charge in [0.25, 0.3) is 0 Å². The molecule has 1 fully saturated rings. The van der Waals surface area contributed by atoms with Crippen LogP contribution in [0.15, 0.2) is 48.5 Å². The molecule has 0 bridgehead atoms. The van der Waals surface area contributed by atoms with Crippen molar-refractivity contribution in [3.8, 4) is 0 Å². The summed E-state index contributed by atoms with van der Waals surface area (Å²) in [5, 5.41) is 5.71. The summed E-state index contributed by atoms with van der Waals surface area (Å²) in [7, 11) is 4.04. The van der Waals surface area contributed by atoms with Crippen LogP contribution in [0.25, 0.3) is 0 Å². The van der Waals surface area contributed by atoms with Crippen molar-refractivity contribution < 1.29 is 9.18 Å². The molecule has 0 aromatic heterocycles. The molecular weight excluding hydrogens is 343 g/mol. The molecule has 6 heteroatoms. The van der Waals surface area contributed by atoms with Crippen molar-refractivity contribution in [3.05, 3.63) is 59.9 Å². The van der Waals surface area contributed by atoms with E-state index in [1.165, 1.54) is 30.5 Å². The van der Waals surface area contributed by atoms with E-state index in [0.717, 1.165) is 18.8 Å². The van der Waals surface area contributed by atoms with E-state index in [-0.39, 0.29) is 17.9 Å². The first-order chi connectivity index (χ1) is 13.0. The van der Waals surface area contributed by atoms with Gasteiger partial charge < -0.3 is 15.5 Å². The van der Waals surface area contributed by atoms with Gasteiger partial charge in [0.15, 0.2) is 0 Å². The van der Waals surface area contributed by atoms with Crippen LogP contribution in [0.5, 0.6) is 0 Å². The minimum Gasteiger partial charge on any atom is -0.378 e. The van der Waals surface area contributed by atoms with E-state index in [9.17, 15) is 9.18 Å². The summed E-state index contributed by atoms with van der Waals surface area (Å²) in [4.78, 5) is 16.7. The highest BCUT2D eigenvalue weighted by molar-refractivity contribution is 5.89. The molecule has 2 aromatic rings. The molecule has 0 spiro atoms. The molecule has 0 aliphatic carbocycles.